The van der Waals surface area contributed by atoms with Crippen LogP contribution < -0.4 is 20.9 Å². The SMILES string of the molecule is Cc1ccc(NS(=O)(=O)C2NNC(C)C2C(=O)Nc2ccc(C)c(C)c2)cc1. The molecule has 0 radical (unpaired) electrons. The van der Waals surface area contributed by atoms with Crippen LogP contribution in [0.4, 0.5) is 11.4 Å². The lowest BCUT2D eigenvalue weighted by molar-refractivity contribution is -0.119. The van der Waals surface area contributed by atoms with Gasteiger partial charge in [0.25, 0.3) is 10.0 Å². The van der Waals surface area contributed by atoms with Gasteiger partial charge in [0.2, 0.25) is 5.91 Å². The van der Waals surface area contributed by atoms with Crippen molar-refractivity contribution in [3.8, 4) is 0 Å². The van der Waals surface area contributed by atoms with Crippen LogP contribution in [0, 0.1) is 26.7 Å². The van der Waals surface area contributed by atoms with Gasteiger partial charge in [-0.1, -0.05) is 23.8 Å². The molecule has 7 nitrogen and oxygen atoms in total. The fourth-order valence-corrected chi connectivity index (χ4v) is 4.74. The van der Waals surface area contributed by atoms with E-state index in [1.807, 2.05) is 51.1 Å². The fourth-order valence-electron chi connectivity index (χ4n) is 3.18. The number of rotatable bonds is 5. The van der Waals surface area contributed by atoms with Gasteiger partial charge in [0.1, 0.15) is 0 Å². The third-order valence-electron chi connectivity index (χ3n) is 5.04. The number of hydrogen-bond acceptors (Lipinski definition) is 5. The monoisotopic (exact) mass is 402 g/mol. The van der Waals surface area contributed by atoms with Gasteiger partial charge < -0.3 is 5.32 Å². The number of hydrogen-bond donors (Lipinski definition) is 4. The highest BCUT2D eigenvalue weighted by Gasteiger charge is 2.46. The van der Waals surface area contributed by atoms with Crippen LogP contribution in [0.1, 0.15) is 23.6 Å². The molecule has 2 aromatic carbocycles. The van der Waals surface area contributed by atoms with Gasteiger partial charge in [-0.05, 0) is 63.1 Å². The zero-order valence-electron chi connectivity index (χ0n) is 16.4. The molecule has 8 heteroatoms. The Kier molecular flexibility index (Phi) is 5.74. The van der Waals surface area contributed by atoms with E-state index in [1.54, 1.807) is 19.1 Å². The van der Waals surface area contributed by atoms with E-state index in [1.165, 1.54) is 0 Å². The molecular formula is C20H26N4O3S. The molecule has 0 saturated carbocycles. The lowest BCUT2D eigenvalue weighted by Gasteiger charge is -2.21. The summed E-state index contributed by atoms with van der Waals surface area (Å²) in [7, 11) is -3.84. The van der Waals surface area contributed by atoms with Gasteiger partial charge in [0.15, 0.2) is 5.37 Å². The van der Waals surface area contributed by atoms with Crippen molar-refractivity contribution >= 4 is 27.3 Å². The lowest BCUT2D eigenvalue weighted by Crippen LogP contribution is -2.45. The topological polar surface area (TPSA) is 99.3 Å². The molecule has 1 amide bonds. The number of hydrazine groups is 1. The molecule has 1 saturated heterocycles. The summed E-state index contributed by atoms with van der Waals surface area (Å²) in [5.41, 5.74) is 9.95. The van der Waals surface area contributed by atoms with E-state index in [-0.39, 0.29) is 11.9 Å². The minimum absolute atomic E-state index is 0.354. The van der Waals surface area contributed by atoms with Crippen LogP contribution in [-0.4, -0.2) is 25.7 Å². The van der Waals surface area contributed by atoms with Crippen molar-refractivity contribution in [3.63, 3.8) is 0 Å². The smallest absolute Gasteiger partial charge is 0.250 e. The second-order valence-corrected chi connectivity index (χ2v) is 9.13. The largest absolute Gasteiger partial charge is 0.326 e. The summed E-state index contributed by atoms with van der Waals surface area (Å²) < 4.78 is 28.4. The predicted octanol–water partition coefficient (Wildman–Crippen LogP) is 2.43. The number of sulfonamides is 1. The van der Waals surface area contributed by atoms with Crippen LogP contribution in [-0.2, 0) is 14.8 Å². The summed E-state index contributed by atoms with van der Waals surface area (Å²) in [6.45, 7) is 7.66. The van der Waals surface area contributed by atoms with Gasteiger partial charge >= 0.3 is 0 Å². The highest BCUT2D eigenvalue weighted by atomic mass is 32.2. The van der Waals surface area contributed by atoms with Crippen LogP contribution in [0.15, 0.2) is 42.5 Å². The summed E-state index contributed by atoms with van der Waals surface area (Å²) in [6.07, 6.45) is 0. The molecule has 0 aromatic heterocycles. The highest BCUT2D eigenvalue weighted by molar-refractivity contribution is 7.93. The maximum atomic E-state index is 12.9. The number of carbonyl (C=O) groups excluding carboxylic acids is 1. The molecule has 1 aliphatic heterocycles. The van der Waals surface area contributed by atoms with E-state index in [0.717, 1.165) is 16.7 Å². The van der Waals surface area contributed by atoms with Gasteiger partial charge in [-0.15, -0.1) is 0 Å². The number of anilines is 2. The first-order valence-corrected chi connectivity index (χ1v) is 10.7. The van der Waals surface area contributed by atoms with E-state index in [9.17, 15) is 13.2 Å². The van der Waals surface area contributed by atoms with E-state index >= 15 is 0 Å². The molecule has 3 rings (SSSR count). The molecule has 28 heavy (non-hydrogen) atoms. The molecule has 0 spiro atoms. The summed E-state index contributed by atoms with van der Waals surface area (Å²) in [5.74, 6) is -1.16. The number of benzene rings is 2. The number of aryl methyl sites for hydroxylation is 3. The summed E-state index contributed by atoms with van der Waals surface area (Å²) in [4.78, 5) is 12.9. The maximum Gasteiger partial charge on any atom is 0.250 e. The lowest BCUT2D eigenvalue weighted by atomic mass is 10.0. The predicted molar refractivity (Wildman–Crippen MR) is 111 cm³/mol. The van der Waals surface area contributed by atoms with Crippen LogP contribution >= 0.6 is 0 Å². The molecule has 150 valence electrons. The summed E-state index contributed by atoms with van der Waals surface area (Å²) >= 11 is 0. The summed E-state index contributed by atoms with van der Waals surface area (Å²) in [5, 5.41) is 1.74. The van der Waals surface area contributed by atoms with Crippen molar-refractivity contribution in [2.45, 2.75) is 39.1 Å². The standard InChI is InChI=1S/C20H26N4O3S/c1-12-5-8-16(9-6-12)24-28(26,27)20-18(15(4)22-23-20)19(25)21-17-10-7-13(2)14(3)11-17/h5-11,15,18,20,22-24H,1-4H3,(H,21,25). The second kappa shape index (κ2) is 7.90. The van der Waals surface area contributed by atoms with Crippen molar-refractivity contribution in [3.05, 3.63) is 59.2 Å². The average molecular weight is 403 g/mol. The van der Waals surface area contributed by atoms with Gasteiger partial charge in [-0.3, -0.25) is 14.9 Å². The molecule has 3 unspecified atom stereocenters. The molecular weight excluding hydrogens is 376 g/mol. The van der Waals surface area contributed by atoms with E-state index < -0.39 is 21.3 Å². The molecule has 1 heterocycles. The van der Waals surface area contributed by atoms with Crippen molar-refractivity contribution in [1.82, 2.24) is 10.9 Å². The van der Waals surface area contributed by atoms with E-state index in [0.29, 0.717) is 11.4 Å². The van der Waals surface area contributed by atoms with Crippen LogP contribution in [0.2, 0.25) is 0 Å². The highest BCUT2D eigenvalue weighted by Crippen LogP contribution is 2.24. The zero-order chi connectivity index (χ0) is 20.5. The van der Waals surface area contributed by atoms with Crippen LogP contribution in [0.3, 0.4) is 0 Å². The molecule has 2 aromatic rings. The number of nitrogens with one attached hydrogen (secondary N) is 4. The Labute approximate surface area is 165 Å². The molecule has 1 fully saturated rings. The average Bonchev–Trinajstić information content (AvgIpc) is 3.03. The fraction of sp³-hybridized carbons (Fsp3) is 0.350. The molecule has 0 bridgehead atoms. The number of amides is 1. The third-order valence-corrected chi connectivity index (χ3v) is 6.64. The van der Waals surface area contributed by atoms with E-state index in [4.69, 9.17) is 0 Å². The zero-order valence-corrected chi connectivity index (χ0v) is 17.2. The Hall–Kier alpha value is -2.42. The maximum absolute atomic E-state index is 12.9. The van der Waals surface area contributed by atoms with Gasteiger partial charge in [-0.25, -0.2) is 13.8 Å². The minimum atomic E-state index is -3.84. The Morgan fingerprint density at radius 1 is 0.929 bits per heavy atom. The van der Waals surface area contributed by atoms with Crippen LogP contribution in [0.5, 0.6) is 0 Å². The van der Waals surface area contributed by atoms with Gasteiger partial charge in [0, 0.05) is 17.4 Å². The van der Waals surface area contributed by atoms with Crippen molar-refractivity contribution in [2.75, 3.05) is 10.0 Å². The molecule has 0 aliphatic carbocycles. The first-order chi connectivity index (χ1) is 13.2. The number of carbonyl (C=O) groups is 1. The van der Waals surface area contributed by atoms with Crippen LogP contribution in [0.25, 0.3) is 0 Å². The van der Waals surface area contributed by atoms with Crippen molar-refractivity contribution < 1.29 is 13.2 Å². The second-order valence-electron chi connectivity index (χ2n) is 7.33. The third kappa shape index (κ3) is 4.35. The quantitative estimate of drug-likeness (QED) is 0.616. The summed E-state index contributed by atoms with van der Waals surface area (Å²) in [6, 6.07) is 12.3. The Morgan fingerprint density at radius 2 is 1.57 bits per heavy atom. The first kappa shape index (κ1) is 20.3. The molecule has 1 aliphatic rings. The van der Waals surface area contributed by atoms with Crippen molar-refractivity contribution in [2.24, 2.45) is 5.92 Å². The minimum Gasteiger partial charge on any atom is -0.326 e. The van der Waals surface area contributed by atoms with Gasteiger partial charge in [-0.2, -0.15) is 0 Å². The van der Waals surface area contributed by atoms with Gasteiger partial charge in [0.05, 0.1) is 5.92 Å². The van der Waals surface area contributed by atoms with E-state index in [2.05, 4.69) is 20.9 Å². The molecule has 3 atom stereocenters. The normalized spacial score (nSPS) is 22.1. The van der Waals surface area contributed by atoms with Crippen molar-refractivity contribution in [1.29, 1.82) is 0 Å². The molecule has 4 N–H and O–H groups in total. The Morgan fingerprint density at radius 3 is 2.21 bits per heavy atom. The Balaban J connectivity index is 1.79. The first-order valence-electron chi connectivity index (χ1n) is 9.15. The Bertz CT molecular complexity index is 973.